The minimum Gasteiger partial charge on any atom is -0.467 e. The van der Waals surface area contributed by atoms with Crippen molar-refractivity contribution in [2.75, 3.05) is 11.9 Å². The number of hydrogen-bond acceptors (Lipinski definition) is 3. The van der Waals surface area contributed by atoms with Gasteiger partial charge in [-0.25, -0.2) is 0 Å². The molecule has 2 rings (SSSR count). The fraction of sp³-hybridized carbons (Fsp3) is 0.375. The maximum absolute atomic E-state index is 8.88. The first-order valence-corrected chi connectivity index (χ1v) is 6.83. The molecule has 2 N–H and O–H groups in total. The summed E-state index contributed by atoms with van der Waals surface area (Å²) in [7, 11) is 0. The molecule has 0 bridgehead atoms. The van der Waals surface area contributed by atoms with E-state index in [1.54, 1.807) is 6.26 Å². The van der Waals surface area contributed by atoms with E-state index in [4.69, 9.17) is 9.52 Å². The third-order valence-corrected chi connectivity index (χ3v) is 3.19. The number of nitrogens with one attached hydrogen (secondary N) is 1. The van der Waals surface area contributed by atoms with E-state index in [9.17, 15) is 0 Å². The summed E-state index contributed by atoms with van der Waals surface area (Å²) in [5.41, 5.74) is 2.34. The number of rotatable bonds is 7. The van der Waals surface area contributed by atoms with Crippen molar-refractivity contribution in [2.45, 2.75) is 32.2 Å². The zero-order valence-electron chi connectivity index (χ0n) is 11.3. The van der Waals surface area contributed by atoms with Gasteiger partial charge in [-0.2, -0.15) is 0 Å². The molecule has 2 aromatic rings. The van der Waals surface area contributed by atoms with Gasteiger partial charge in [0.05, 0.1) is 12.3 Å². The molecule has 19 heavy (non-hydrogen) atoms. The third kappa shape index (κ3) is 3.86. The summed E-state index contributed by atoms with van der Waals surface area (Å²) < 4.78 is 5.46. The zero-order valence-corrected chi connectivity index (χ0v) is 11.3. The molecule has 0 spiro atoms. The standard InChI is InChI=1S/C16H21NO2/c1-2-15(16-9-5-11-19-16)17-14-8-3-6-13(12-14)7-4-10-18/h3,5-6,8-9,11-12,15,17-18H,2,4,7,10H2,1H3. The average Bonchev–Trinajstić information content (AvgIpc) is 2.97. The fourth-order valence-electron chi connectivity index (χ4n) is 2.16. The molecule has 1 unspecified atom stereocenters. The van der Waals surface area contributed by atoms with Crippen molar-refractivity contribution in [3.8, 4) is 0 Å². The van der Waals surface area contributed by atoms with Gasteiger partial charge in [0, 0.05) is 12.3 Å². The second kappa shape index (κ2) is 7.00. The van der Waals surface area contributed by atoms with Crippen molar-refractivity contribution in [1.29, 1.82) is 0 Å². The molecule has 1 atom stereocenters. The lowest BCUT2D eigenvalue weighted by Gasteiger charge is -2.16. The van der Waals surface area contributed by atoms with E-state index in [0.717, 1.165) is 30.7 Å². The molecule has 1 heterocycles. The fourth-order valence-corrected chi connectivity index (χ4v) is 2.16. The molecule has 0 saturated carbocycles. The van der Waals surface area contributed by atoms with Crippen LogP contribution >= 0.6 is 0 Å². The van der Waals surface area contributed by atoms with Crippen LogP contribution in [0.2, 0.25) is 0 Å². The monoisotopic (exact) mass is 259 g/mol. The molecule has 0 radical (unpaired) electrons. The molecule has 0 aliphatic carbocycles. The molecule has 0 aliphatic heterocycles. The van der Waals surface area contributed by atoms with Crippen LogP contribution in [0, 0.1) is 0 Å². The van der Waals surface area contributed by atoms with Gasteiger partial charge >= 0.3 is 0 Å². The smallest absolute Gasteiger partial charge is 0.125 e. The Kier molecular flexibility index (Phi) is 5.04. The van der Waals surface area contributed by atoms with Crippen molar-refractivity contribution < 1.29 is 9.52 Å². The van der Waals surface area contributed by atoms with Crippen LogP contribution in [0.25, 0.3) is 0 Å². The van der Waals surface area contributed by atoms with E-state index in [-0.39, 0.29) is 12.6 Å². The molecule has 102 valence electrons. The van der Waals surface area contributed by atoms with Gasteiger partial charge in [0.2, 0.25) is 0 Å². The van der Waals surface area contributed by atoms with Gasteiger partial charge < -0.3 is 14.8 Å². The second-order valence-electron chi connectivity index (χ2n) is 4.65. The molecule has 0 fully saturated rings. The minimum atomic E-state index is 0.197. The SMILES string of the molecule is CCC(Nc1cccc(CCCO)c1)c1ccco1. The molecule has 1 aromatic heterocycles. The number of benzene rings is 1. The molecule has 3 nitrogen and oxygen atoms in total. The van der Waals surface area contributed by atoms with E-state index in [1.165, 1.54) is 5.56 Å². The summed E-state index contributed by atoms with van der Waals surface area (Å²) in [5, 5.41) is 12.4. The van der Waals surface area contributed by atoms with Crippen molar-refractivity contribution in [2.24, 2.45) is 0 Å². The predicted molar refractivity (Wildman–Crippen MR) is 77.2 cm³/mol. The van der Waals surface area contributed by atoms with Crippen LogP contribution in [0.3, 0.4) is 0 Å². The highest BCUT2D eigenvalue weighted by atomic mass is 16.3. The molecule has 0 saturated heterocycles. The molecular weight excluding hydrogens is 238 g/mol. The lowest BCUT2D eigenvalue weighted by atomic mass is 10.1. The number of aryl methyl sites for hydroxylation is 1. The first-order valence-electron chi connectivity index (χ1n) is 6.83. The van der Waals surface area contributed by atoms with E-state index >= 15 is 0 Å². The van der Waals surface area contributed by atoms with Crippen LogP contribution in [0.15, 0.2) is 47.1 Å². The Morgan fingerprint density at radius 2 is 2.16 bits per heavy atom. The summed E-state index contributed by atoms with van der Waals surface area (Å²) in [6.45, 7) is 2.37. The normalized spacial score (nSPS) is 12.3. The van der Waals surface area contributed by atoms with E-state index in [0.29, 0.717) is 0 Å². The van der Waals surface area contributed by atoms with Crippen LogP contribution in [-0.4, -0.2) is 11.7 Å². The Bertz CT molecular complexity index is 479. The highest BCUT2D eigenvalue weighted by Gasteiger charge is 2.11. The van der Waals surface area contributed by atoms with Crippen molar-refractivity contribution >= 4 is 5.69 Å². The van der Waals surface area contributed by atoms with Gasteiger partial charge in [-0.05, 0) is 49.1 Å². The Morgan fingerprint density at radius 1 is 1.26 bits per heavy atom. The molecule has 0 aliphatic rings. The van der Waals surface area contributed by atoms with Gasteiger partial charge in [0.15, 0.2) is 0 Å². The number of aliphatic hydroxyl groups excluding tert-OH is 1. The summed E-state index contributed by atoms with van der Waals surface area (Å²) >= 11 is 0. The van der Waals surface area contributed by atoms with Crippen molar-refractivity contribution in [1.82, 2.24) is 0 Å². The first-order chi connectivity index (χ1) is 9.33. The molecule has 1 aromatic carbocycles. The Morgan fingerprint density at radius 3 is 2.84 bits per heavy atom. The number of furan rings is 1. The van der Waals surface area contributed by atoms with Crippen LogP contribution in [0.1, 0.15) is 37.1 Å². The minimum absolute atomic E-state index is 0.197. The van der Waals surface area contributed by atoms with E-state index in [1.807, 2.05) is 18.2 Å². The lowest BCUT2D eigenvalue weighted by molar-refractivity contribution is 0.288. The predicted octanol–water partition coefficient (Wildman–Crippen LogP) is 3.77. The molecular formula is C16H21NO2. The first kappa shape index (κ1) is 13.7. The van der Waals surface area contributed by atoms with Gasteiger partial charge in [0.25, 0.3) is 0 Å². The summed E-state index contributed by atoms with van der Waals surface area (Å²) in [6.07, 6.45) is 4.38. The lowest BCUT2D eigenvalue weighted by Crippen LogP contribution is -2.08. The Hall–Kier alpha value is -1.74. The van der Waals surface area contributed by atoms with E-state index < -0.39 is 0 Å². The van der Waals surface area contributed by atoms with Gasteiger partial charge in [0.1, 0.15) is 5.76 Å². The summed E-state index contributed by atoms with van der Waals surface area (Å²) in [4.78, 5) is 0. The second-order valence-corrected chi connectivity index (χ2v) is 4.65. The van der Waals surface area contributed by atoms with Crippen molar-refractivity contribution in [3.63, 3.8) is 0 Å². The maximum Gasteiger partial charge on any atom is 0.125 e. The van der Waals surface area contributed by atoms with Crippen LogP contribution < -0.4 is 5.32 Å². The number of aliphatic hydroxyl groups is 1. The largest absolute Gasteiger partial charge is 0.467 e. The summed E-state index contributed by atoms with van der Waals surface area (Å²) in [6, 6.07) is 12.4. The maximum atomic E-state index is 8.88. The molecule has 3 heteroatoms. The summed E-state index contributed by atoms with van der Waals surface area (Å²) in [5.74, 6) is 0.961. The van der Waals surface area contributed by atoms with Crippen molar-refractivity contribution in [3.05, 3.63) is 54.0 Å². The Balaban J connectivity index is 2.05. The van der Waals surface area contributed by atoms with Gasteiger partial charge in [-0.1, -0.05) is 19.1 Å². The number of hydrogen-bond donors (Lipinski definition) is 2. The highest BCUT2D eigenvalue weighted by molar-refractivity contribution is 5.47. The third-order valence-electron chi connectivity index (χ3n) is 3.19. The quantitative estimate of drug-likeness (QED) is 0.795. The average molecular weight is 259 g/mol. The van der Waals surface area contributed by atoms with Crippen LogP contribution in [0.5, 0.6) is 0 Å². The Labute approximate surface area is 114 Å². The van der Waals surface area contributed by atoms with Crippen LogP contribution in [-0.2, 0) is 6.42 Å². The van der Waals surface area contributed by atoms with Gasteiger partial charge in [-0.15, -0.1) is 0 Å². The highest BCUT2D eigenvalue weighted by Crippen LogP contribution is 2.23. The molecule has 0 amide bonds. The zero-order chi connectivity index (χ0) is 13.5. The topological polar surface area (TPSA) is 45.4 Å². The van der Waals surface area contributed by atoms with Crippen LogP contribution in [0.4, 0.5) is 5.69 Å². The van der Waals surface area contributed by atoms with E-state index in [2.05, 4.69) is 30.4 Å². The van der Waals surface area contributed by atoms with Gasteiger partial charge in [-0.3, -0.25) is 0 Å². The number of anilines is 1.